The SMILES string of the molecule is COc1ccc(CN(C[C@]2(O)CC[C@H]3[C@]45C=C[C@@]6(C=C4C(=O)c4ccc(F)c(F)c4)CC(O)CC[C@]6(C)[C@H]5CC[C@@]32C)C(=O)N[C@H](C)c2ccccc2)c(OC)c1. The lowest BCUT2D eigenvalue weighted by Crippen LogP contribution is -2.67. The molecule has 8 nitrogen and oxygen atoms in total. The van der Waals surface area contributed by atoms with E-state index in [1.807, 2.05) is 49.4 Å². The fraction of sp³-hybridized carbons (Fsp3) is 0.489. The topological polar surface area (TPSA) is 108 Å². The maximum Gasteiger partial charge on any atom is 0.318 e. The van der Waals surface area contributed by atoms with Crippen LogP contribution in [-0.4, -0.2) is 59.4 Å². The van der Waals surface area contributed by atoms with E-state index in [0.29, 0.717) is 55.6 Å². The number of amides is 2. The van der Waals surface area contributed by atoms with Crippen molar-refractivity contribution in [1.29, 1.82) is 0 Å². The summed E-state index contributed by atoms with van der Waals surface area (Å²) in [5.41, 5.74) is -1.46. The number of fused-ring (bicyclic) bond motifs is 1. The van der Waals surface area contributed by atoms with Gasteiger partial charge in [0, 0.05) is 39.0 Å². The molecular weight excluding hydrogens is 727 g/mol. The number of carbonyl (C=O) groups excluding carboxylic acids is 2. The van der Waals surface area contributed by atoms with Gasteiger partial charge in [0.25, 0.3) is 0 Å². The molecular formula is C47H54F2N2O6. The molecule has 3 aromatic carbocycles. The smallest absolute Gasteiger partial charge is 0.318 e. The Hall–Kier alpha value is -4.54. The van der Waals surface area contributed by atoms with Gasteiger partial charge in [0.05, 0.1) is 45.1 Å². The Bertz CT molecular complexity index is 2140. The van der Waals surface area contributed by atoms with Crippen LogP contribution in [0.1, 0.15) is 93.2 Å². The van der Waals surface area contributed by atoms with Crippen LogP contribution in [0.3, 0.4) is 0 Å². The predicted octanol–water partition coefficient (Wildman–Crippen LogP) is 8.73. The maximum absolute atomic E-state index is 14.8. The predicted molar refractivity (Wildman–Crippen MR) is 213 cm³/mol. The number of ketones is 1. The van der Waals surface area contributed by atoms with Crippen molar-refractivity contribution in [3.05, 3.63) is 119 Å². The zero-order valence-corrected chi connectivity index (χ0v) is 33.5. The molecule has 3 aromatic rings. The summed E-state index contributed by atoms with van der Waals surface area (Å²) in [5, 5.41) is 27.4. The minimum Gasteiger partial charge on any atom is -0.497 e. The van der Waals surface area contributed by atoms with Gasteiger partial charge in [-0.05, 0) is 105 Å². The van der Waals surface area contributed by atoms with E-state index in [-0.39, 0.29) is 53.8 Å². The normalized spacial score (nSPS) is 34.0. The Morgan fingerprint density at radius 1 is 0.895 bits per heavy atom. The highest BCUT2D eigenvalue weighted by Gasteiger charge is 2.74. The number of nitrogens with zero attached hydrogens (tertiary/aromatic N) is 1. The van der Waals surface area contributed by atoms with Crippen molar-refractivity contribution in [2.75, 3.05) is 20.8 Å². The van der Waals surface area contributed by atoms with Crippen LogP contribution in [0.2, 0.25) is 0 Å². The third-order valence-corrected chi connectivity index (χ3v) is 15.4. The van der Waals surface area contributed by atoms with Gasteiger partial charge in [-0.3, -0.25) is 4.79 Å². The lowest BCUT2D eigenvalue weighted by atomic mass is 9.32. The summed E-state index contributed by atoms with van der Waals surface area (Å²) in [5.74, 6) is -1.49. The van der Waals surface area contributed by atoms with E-state index in [1.54, 1.807) is 25.2 Å². The zero-order valence-electron chi connectivity index (χ0n) is 33.5. The molecule has 9 rings (SSSR count). The van der Waals surface area contributed by atoms with Crippen molar-refractivity contribution in [3.63, 3.8) is 0 Å². The van der Waals surface area contributed by atoms with Crippen LogP contribution in [0, 0.1) is 45.1 Å². The number of ether oxygens (including phenoxy) is 2. The summed E-state index contributed by atoms with van der Waals surface area (Å²) in [6, 6.07) is 17.9. The number of allylic oxidation sites excluding steroid dienone is 4. The largest absolute Gasteiger partial charge is 0.497 e. The summed E-state index contributed by atoms with van der Waals surface area (Å²) in [7, 11) is 3.16. The maximum atomic E-state index is 14.8. The molecule has 0 aromatic heterocycles. The first kappa shape index (κ1) is 39.3. The minimum absolute atomic E-state index is 0.00635. The fourth-order valence-corrected chi connectivity index (χ4v) is 12.2. The van der Waals surface area contributed by atoms with Crippen LogP contribution in [0.15, 0.2) is 90.5 Å². The van der Waals surface area contributed by atoms with E-state index in [0.717, 1.165) is 29.7 Å². The standard InChI is InChI=1S/C47H54F2N2O6/c1-29(30-9-7-6-8-10-30)50-42(54)51(27-32-11-13-34(56-4)24-38(32)57-5)28-46(55)20-17-40-44(46,3)19-16-39-43(2)18-15-33(52)25-45(43)21-22-47(39,40)35(26-45)41(53)31-12-14-36(48)37(49)23-31/h6-14,21-24,26,29,33,39-40,52,55H,15-20,25,27-28H2,1-5H3,(H,50,54)/t29-,33?,39-,40-,43-,44+,45+,46-,47-/m1/s1. The molecule has 3 fully saturated rings. The number of urea groups is 1. The van der Waals surface area contributed by atoms with E-state index in [1.165, 1.54) is 6.07 Å². The van der Waals surface area contributed by atoms with E-state index in [2.05, 4.69) is 37.4 Å². The molecule has 9 atom stereocenters. The van der Waals surface area contributed by atoms with Crippen molar-refractivity contribution in [2.24, 2.45) is 33.5 Å². The number of Topliss-reactive ketones (excluding diaryl/α,β-unsaturated/α-hetero) is 1. The molecule has 3 saturated carbocycles. The first-order valence-corrected chi connectivity index (χ1v) is 20.3. The number of aliphatic hydroxyl groups is 2. The Morgan fingerprint density at radius 2 is 1.61 bits per heavy atom. The van der Waals surface area contributed by atoms with E-state index in [9.17, 15) is 28.6 Å². The molecule has 2 amide bonds. The monoisotopic (exact) mass is 780 g/mol. The van der Waals surface area contributed by atoms with E-state index < -0.39 is 39.6 Å². The third-order valence-electron chi connectivity index (χ3n) is 15.4. The number of carbonyl (C=O) groups is 2. The average molecular weight is 781 g/mol. The van der Waals surface area contributed by atoms with Gasteiger partial charge in [-0.25, -0.2) is 13.6 Å². The molecule has 1 unspecified atom stereocenters. The second kappa shape index (κ2) is 14.1. The van der Waals surface area contributed by atoms with Crippen LogP contribution < -0.4 is 14.8 Å². The Labute approximate surface area is 333 Å². The van der Waals surface area contributed by atoms with Gasteiger partial charge < -0.3 is 29.9 Å². The van der Waals surface area contributed by atoms with Gasteiger partial charge in [-0.15, -0.1) is 0 Å². The molecule has 302 valence electrons. The number of halogens is 2. The molecule has 2 spiro atoms. The number of hydrogen-bond donors (Lipinski definition) is 3. The molecule has 6 aliphatic carbocycles. The minimum atomic E-state index is -1.36. The van der Waals surface area contributed by atoms with Crippen LogP contribution in [0.4, 0.5) is 13.6 Å². The molecule has 10 heteroatoms. The number of methoxy groups -OCH3 is 2. The van der Waals surface area contributed by atoms with Gasteiger partial charge in [-0.2, -0.15) is 0 Å². The highest BCUT2D eigenvalue weighted by molar-refractivity contribution is 6.10. The molecule has 3 N–H and O–H groups in total. The number of rotatable bonds is 10. The third kappa shape index (κ3) is 5.95. The number of nitrogens with one attached hydrogen (secondary N) is 1. The van der Waals surface area contributed by atoms with Gasteiger partial charge in [0.1, 0.15) is 11.5 Å². The van der Waals surface area contributed by atoms with Crippen molar-refractivity contribution < 1.29 is 38.1 Å². The highest BCUT2D eigenvalue weighted by atomic mass is 19.2. The summed E-state index contributed by atoms with van der Waals surface area (Å²) in [6.07, 6.45) is 10.2. The summed E-state index contributed by atoms with van der Waals surface area (Å²) in [4.78, 5) is 31.0. The molecule has 2 bridgehead atoms. The quantitative estimate of drug-likeness (QED) is 0.140. The zero-order chi connectivity index (χ0) is 40.5. The van der Waals surface area contributed by atoms with Gasteiger partial charge in [0.2, 0.25) is 0 Å². The Morgan fingerprint density at radius 3 is 2.33 bits per heavy atom. The second-order valence-corrected chi connectivity index (χ2v) is 17.9. The number of aliphatic hydroxyl groups excluding tert-OH is 1. The first-order valence-electron chi connectivity index (χ1n) is 20.3. The molecule has 0 saturated heterocycles. The number of benzene rings is 3. The lowest BCUT2D eigenvalue weighted by Gasteiger charge is -2.71. The van der Waals surface area contributed by atoms with Crippen molar-refractivity contribution >= 4 is 11.8 Å². The first-order chi connectivity index (χ1) is 27.1. The van der Waals surface area contributed by atoms with E-state index >= 15 is 0 Å². The Balaban J connectivity index is 1.19. The van der Waals surface area contributed by atoms with Crippen LogP contribution in [0.25, 0.3) is 0 Å². The van der Waals surface area contributed by atoms with Crippen LogP contribution in [-0.2, 0) is 6.54 Å². The van der Waals surface area contributed by atoms with Gasteiger partial charge >= 0.3 is 6.03 Å². The Kier molecular flexibility index (Phi) is 9.71. The molecule has 0 aliphatic heterocycles. The molecule has 0 heterocycles. The average Bonchev–Trinajstić information content (AvgIpc) is 3.48. The summed E-state index contributed by atoms with van der Waals surface area (Å²) in [6.45, 7) is 6.52. The summed E-state index contributed by atoms with van der Waals surface area (Å²) < 4.78 is 40.1. The fourth-order valence-electron chi connectivity index (χ4n) is 12.2. The van der Waals surface area contributed by atoms with Crippen LogP contribution >= 0.6 is 0 Å². The van der Waals surface area contributed by atoms with Crippen molar-refractivity contribution in [3.8, 4) is 11.5 Å². The van der Waals surface area contributed by atoms with Gasteiger partial charge in [0.15, 0.2) is 17.4 Å². The van der Waals surface area contributed by atoms with Crippen molar-refractivity contribution in [1.82, 2.24) is 10.2 Å². The molecule has 6 aliphatic rings. The second-order valence-electron chi connectivity index (χ2n) is 17.9. The van der Waals surface area contributed by atoms with E-state index in [4.69, 9.17) is 9.47 Å². The molecule has 0 radical (unpaired) electrons. The van der Waals surface area contributed by atoms with Crippen molar-refractivity contribution in [2.45, 2.75) is 90.0 Å². The summed E-state index contributed by atoms with van der Waals surface area (Å²) >= 11 is 0. The van der Waals surface area contributed by atoms with Crippen LogP contribution in [0.5, 0.6) is 11.5 Å². The lowest BCUT2D eigenvalue weighted by molar-refractivity contribution is -0.174. The highest BCUT2D eigenvalue weighted by Crippen LogP contribution is 2.78. The van der Waals surface area contributed by atoms with Gasteiger partial charge in [-0.1, -0.05) is 62.4 Å². The molecule has 57 heavy (non-hydrogen) atoms. The number of hydrogen-bond acceptors (Lipinski definition) is 6.